The van der Waals surface area contributed by atoms with Crippen LogP contribution in [0.4, 0.5) is 10.1 Å². The first kappa shape index (κ1) is 21.1. The molecule has 7 heteroatoms. The van der Waals surface area contributed by atoms with E-state index >= 15 is 0 Å². The Morgan fingerprint density at radius 1 is 0.969 bits per heavy atom. The van der Waals surface area contributed by atoms with E-state index in [1.165, 1.54) is 30.3 Å². The van der Waals surface area contributed by atoms with Gasteiger partial charge in [0.1, 0.15) is 5.82 Å². The van der Waals surface area contributed by atoms with Gasteiger partial charge in [0.25, 0.3) is 5.91 Å². The number of amides is 2. The number of halogens is 1. The maximum atomic E-state index is 13.0. The molecular formula is C25H21FN2O4. The van der Waals surface area contributed by atoms with Gasteiger partial charge in [0.2, 0.25) is 12.7 Å². The Morgan fingerprint density at radius 2 is 1.69 bits per heavy atom. The number of nitrogens with one attached hydrogen (secondary N) is 2. The molecule has 6 nitrogen and oxygen atoms in total. The highest BCUT2D eigenvalue weighted by molar-refractivity contribution is 6.04. The zero-order valence-corrected chi connectivity index (χ0v) is 17.3. The fourth-order valence-corrected chi connectivity index (χ4v) is 3.19. The molecule has 1 heterocycles. The molecule has 1 atom stereocenters. The quantitative estimate of drug-likeness (QED) is 0.554. The summed E-state index contributed by atoms with van der Waals surface area (Å²) >= 11 is 0. The minimum Gasteiger partial charge on any atom is -0.454 e. The smallest absolute Gasteiger partial charge is 0.255 e. The molecule has 2 N–H and O–H groups in total. The molecule has 3 aromatic rings. The summed E-state index contributed by atoms with van der Waals surface area (Å²) in [6, 6.07) is 17.7. The number of carbonyl (C=O) groups is 2. The lowest BCUT2D eigenvalue weighted by Gasteiger charge is -2.14. The molecule has 32 heavy (non-hydrogen) atoms. The molecule has 0 aliphatic carbocycles. The van der Waals surface area contributed by atoms with Gasteiger partial charge in [0.05, 0.1) is 6.04 Å². The summed E-state index contributed by atoms with van der Waals surface area (Å²) in [5, 5.41) is 5.67. The Kier molecular flexibility index (Phi) is 6.17. The molecule has 1 unspecified atom stereocenters. The minimum absolute atomic E-state index is 0.204. The third-order valence-corrected chi connectivity index (χ3v) is 4.96. The van der Waals surface area contributed by atoms with Crippen LogP contribution in [0.3, 0.4) is 0 Å². The highest BCUT2D eigenvalue weighted by atomic mass is 19.1. The number of rotatable bonds is 6. The molecule has 0 spiro atoms. The molecule has 1 aliphatic heterocycles. The first-order valence-corrected chi connectivity index (χ1v) is 10.0. The van der Waals surface area contributed by atoms with Crippen LogP contribution in [0.15, 0.2) is 72.8 Å². The highest BCUT2D eigenvalue weighted by Crippen LogP contribution is 2.32. The number of hydrogen-bond acceptors (Lipinski definition) is 4. The van der Waals surface area contributed by atoms with Gasteiger partial charge in [-0.25, -0.2) is 4.39 Å². The average Bonchev–Trinajstić information content (AvgIpc) is 3.26. The molecule has 0 fully saturated rings. The van der Waals surface area contributed by atoms with Gasteiger partial charge >= 0.3 is 0 Å². The lowest BCUT2D eigenvalue weighted by atomic mass is 10.1. The molecular weight excluding hydrogens is 411 g/mol. The van der Waals surface area contributed by atoms with Gasteiger partial charge in [-0.15, -0.1) is 0 Å². The summed E-state index contributed by atoms with van der Waals surface area (Å²) in [6.45, 7) is 2.08. The standard InChI is InChI=1S/C25H21FN2O4/c1-16(27-24(29)13-3-17-2-12-22-23(14-17)32-15-31-22)18-6-10-21(11-7-18)28-25(30)19-4-8-20(26)9-5-19/h2-14,16H,15H2,1H3,(H,27,29)(H,28,30)/b13-3+. The van der Waals surface area contributed by atoms with Gasteiger partial charge in [-0.3, -0.25) is 9.59 Å². The Hall–Kier alpha value is -4.13. The molecule has 162 valence electrons. The first-order chi connectivity index (χ1) is 15.5. The number of fused-ring (bicyclic) bond motifs is 1. The second kappa shape index (κ2) is 9.34. The van der Waals surface area contributed by atoms with Crippen molar-refractivity contribution in [1.29, 1.82) is 0 Å². The molecule has 0 bridgehead atoms. The van der Waals surface area contributed by atoms with Crippen molar-refractivity contribution in [2.24, 2.45) is 0 Å². The van der Waals surface area contributed by atoms with Crippen LogP contribution in [-0.4, -0.2) is 18.6 Å². The van der Waals surface area contributed by atoms with Crippen molar-refractivity contribution in [3.8, 4) is 11.5 Å². The molecule has 2 amide bonds. The van der Waals surface area contributed by atoms with E-state index in [-0.39, 0.29) is 24.6 Å². The predicted octanol–water partition coefficient (Wildman–Crippen LogP) is 4.70. The lowest BCUT2D eigenvalue weighted by Crippen LogP contribution is -2.24. The summed E-state index contributed by atoms with van der Waals surface area (Å²) in [5.74, 6) is 0.398. The van der Waals surface area contributed by atoms with Gasteiger partial charge in [0, 0.05) is 17.3 Å². The summed E-state index contributed by atoms with van der Waals surface area (Å²) in [7, 11) is 0. The molecule has 3 aromatic carbocycles. The maximum Gasteiger partial charge on any atom is 0.255 e. The second-order valence-electron chi connectivity index (χ2n) is 7.26. The monoisotopic (exact) mass is 432 g/mol. The van der Waals surface area contributed by atoms with Crippen molar-refractivity contribution in [3.63, 3.8) is 0 Å². The van der Waals surface area contributed by atoms with Gasteiger partial charge < -0.3 is 20.1 Å². The first-order valence-electron chi connectivity index (χ1n) is 10.0. The van der Waals surface area contributed by atoms with Gasteiger partial charge in [0.15, 0.2) is 11.5 Å². The molecule has 4 rings (SSSR count). The van der Waals surface area contributed by atoms with Crippen molar-refractivity contribution < 1.29 is 23.5 Å². The Bertz CT molecular complexity index is 1160. The fraction of sp³-hybridized carbons (Fsp3) is 0.120. The topological polar surface area (TPSA) is 76.7 Å². The van der Waals surface area contributed by atoms with Crippen LogP contribution in [-0.2, 0) is 4.79 Å². The predicted molar refractivity (Wildman–Crippen MR) is 119 cm³/mol. The van der Waals surface area contributed by atoms with Crippen molar-refractivity contribution in [1.82, 2.24) is 5.32 Å². The van der Waals surface area contributed by atoms with E-state index in [1.807, 2.05) is 31.2 Å². The zero-order valence-electron chi connectivity index (χ0n) is 17.3. The van der Waals surface area contributed by atoms with E-state index in [4.69, 9.17) is 9.47 Å². The summed E-state index contributed by atoms with van der Waals surface area (Å²) < 4.78 is 23.6. The third kappa shape index (κ3) is 5.13. The van der Waals surface area contributed by atoms with Crippen LogP contribution in [0, 0.1) is 5.82 Å². The number of hydrogen-bond donors (Lipinski definition) is 2. The average molecular weight is 432 g/mol. The van der Waals surface area contributed by atoms with Crippen molar-refractivity contribution in [2.45, 2.75) is 13.0 Å². The Labute approximate surface area is 184 Å². The van der Waals surface area contributed by atoms with Crippen LogP contribution in [0.5, 0.6) is 11.5 Å². The third-order valence-electron chi connectivity index (χ3n) is 4.96. The van der Waals surface area contributed by atoms with E-state index in [2.05, 4.69) is 10.6 Å². The lowest BCUT2D eigenvalue weighted by molar-refractivity contribution is -0.117. The van der Waals surface area contributed by atoms with Gasteiger partial charge in [-0.1, -0.05) is 18.2 Å². The van der Waals surface area contributed by atoms with E-state index in [9.17, 15) is 14.0 Å². The number of carbonyl (C=O) groups excluding carboxylic acids is 2. The fourth-order valence-electron chi connectivity index (χ4n) is 3.19. The minimum atomic E-state index is -0.396. The number of anilines is 1. The molecule has 0 saturated heterocycles. The van der Waals surface area contributed by atoms with Crippen LogP contribution >= 0.6 is 0 Å². The van der Waals surface area contributed by atoms with Gasteiger partial charge in [-0.05, 0) is 72.7 Å². The normalized spacial score (nSPS) is 13.1. The summed E-state index contributed by atoms with van der Waals surface area (Å²) in [6.07, 6.45) is 3.17. The van der Waals surface area contributed by atoms with Crippen molar-refractivity contribution in [3.05, 3.63) is 95.3 Å². The second-order valence-corrected chi connectivity index (χ2v) is 7.26. The molecule has 0 aromatic heterocycles. The maximum absolute atomic E-state index is 13.0. The van der Waals surface area contributed by atoms with Crippen molar-refractivity contribution >= 4 is 23.6 Å². The van der Waals surface area contributed by atoms with Crippen LogP contribution in [0.1, 0.15) is 34.5 Å². The van der Waals surface area contributed by atoms with Crippen LogP contribution in [0.25, 0.3) is 6.08 Å². The largest absolute Gasteiger partial charge is 0.454 e. The van der Waals surface area contributed by atoms with Gasteiger partial charge in [-0.2, -0.15) is 0 Å². The number of benzene rings is 3. The van der Waals surface area contributed by atoms with E-state index in [0.29, 0.717) is 22.7 Å². The van der Waals surface area contributed by atoms with E-state index in [1.54, 1.807) is 24.3 Å². The van der Waals surface area contributed by atoms with Crippen molar-refractivity contribution in [2.75, 3.05) is 12.1 Å². The molecule has 1 aliphatic rings. The number of ether oxygens (including phenoxy) is 2. The summed E-state index contributed by atoms with van der Waals surface area (Å²) in [4.78, 5) is 24.5. The van der Waals surface area contributed by atoms with Crippen LogP contribution < -0.4 is 20.1 Å². The zero-order chi connectivity index (χ0) is 22.5. The summed E-state index contributed by atoms with van der Waals surface area (Å²) in [5.41, 5.74) is 2.68. The van der Waals surface area contributed by atoms with Crippen LogP contribution in [0.2, 0.25) is 0 Å². The molecule has 0 radical (unpaired) electrons. The van der Waals surface area contributed by atoms with E-state index < -0.39 is 5.82 Å². The Morgan fingerprint density at radius 3 is 2.44 bits per heavy atom. The Balaban J connectivity index is 1.32. The highest BCUT2D eigenvalue weighted by Gasteiger charge is 2.13. The SMILES string of the molecule is CC(NC(=O)/C=C/c1ccc2c(c1)OCO2)c1ccc(NC(=O)c2ccc(F)cc2)cc1. The van der Waals surface area contributed by atoms with E-state index in [0.717, 1.165) is 11.1 Å². The molecule has 0 saturated carbocycles.